The fourth-order valence-corrected chi connectivity index (χ4v) is 3.34. The molecule has 26 heavy (non-hydrogen) atoms. The molecule has 0 saturated carbocycles. The van der Waals surface area contributed by atoms with Crippen LogP contribution >= 0.6 is 35.0 Å². The van der Waals surface area contributed by atoms with Gasteiger partial charge in [-0.25, -0.2) is 0 Å². The molecule has 0 N–H and O–H groups in total. The lowest BCUT2D eigenvalue weighted by Gasteiger charge is -2.10. The van der Waals surface area contributed by atoms with Crippen LogP contribution in [0.15, 0.2) is 41.6 Å². The van der Waals surface area contributed by atoms with Crippen LogP contribution in [0.5, 0.6) is 5.75 Å². The highest BCUT2D eigenvalue weighted by atomic mass is 35.5. The van der Waals surface area contributed by atoms with Gasteiger partial charge in [-0.05, 0) is 53.2 Å². The Labute approximate surface area is 164 Å². The van der Waals surface area contributed by atoms with Crippen molar-refractivity contribution in [3.05, 3.63) is 57.6 Å². The van der Waals surface area contributed by atoms with Crippen molar-refractivity contribution in [3.63, 3.8) is 0 Å². The molecule has 0 fully saturated rings. The van der Waals surface area contributed by atoms with Crippen LogP contribution in [0.3, 0.4) is 0 Å². The van der Waals surface area contributed by atoms with Gasteiger partial charge >= 0.3 is 0 Å². The summed E-state index contributed by atoms with van der Waals surface area (Å²) in [5, 5.41) is 13.0. The number of hydrogen-bond acceptors (Lipinski definition) is 6. The van der Waals surface area contributed by atoms with E-state index in [4.69, 9.17) is 27.9 Å². The van der Waals surface area contributed by atoms with Crippen molar-refractivity contribution in [2.24, 2.45) is 0 Å². The predicted molar refractivity (Wildman–Crippen MR) is 102 cm³/mol. The molecule has 2 aromatic carbocycles. The van der Waals surface area contributed by atoms with Gasteiger partial charge in [0.05, 0.1) is 22.9 Å². The van der Waals surface area contributed by atoms with Crippen LogP contribution in [0, 0.1) is 6.92 Å². The molecule has 0 aliphatic carbocycles. The summed E-state index contributed by atoms with van der Waals surface area (Å²) in [6.45, 7) is 1.97. The number of tetrazole rings is 1. The van der Waals surface area contributed by atoms with Crippen LogP contribution < -0.4 is 4.74 Å². The smallest absolute Gasteiger partial charge is 0.214 e. The molecule has 1 heterocycles. The van der Waals surface area contributed by atoms with E-state index in [1.165, 1.54) is 11.8 Å². The summed E-state index contributed by atoms with van der Waals surface area (Å²) in [5.74, 6) is 0.701. The van der Waals surface area contributed by atoms with Gasteiger partial charge < -0.3 is 4.74 Å². The Balaban J connectivity index is 1.80. The van der Waals surface area contributed by atoms with Crippen molar-refractivity contribution >= 4 is 40.7 Å². The first-order valence-corrected chi connectivity index (χ1v) is 9.28. The van der Waals surface area contributed by atoms with E-state index in [2.05, 4.69) is 15.5 Å². The minimum absolute atomic E-state index is 0.0978. The standard InChI is InChI=1S/C17H14Cl2N4O2S/c1-10-3-6-16(25-2)14(7-10)23-17(20-21-22-23)26-9-15(24)11-4-5-12(18)13(19)8-11/h3-8H,9H2,1-2H3. The van der Waals surface area contributed by atoms with Crippen LogP contribution in [0.25, 0.3) is 5.69 Å². The summed E-state index contributed by atoms with van der Waals surface area (Å²) in [6.07, 6.45) is 0. The number of halogens is 2. The van der Waals surface area contributed by atoms with Crippen molar-refractivity contribution in [2.45, 2.75) is 12.1 Å². The number of carbonyl (C=O) groups is 1. The van der Waals surface area contributed by atoms with Gasteiger partial charge in [-0.1, -0.05) is 41.0 Å². The lowest BCUT2D eigenvalue weighted by Crippen LogP contribution is -2.06. The quantitative estimate of drug-likeness (QED) is 0.448. The lowest BCUT2D eigenvalue weighted by molar-refractivity contribution is 0.102. The molecule has 3 rings (SSSR count). The van der Waals surface area contributed by atoms with E-state index in [0.717, 1.165) is 5.56 Å². The van der Waals surface area contributed by atoms with E-state index in [0.29, 0.717) is 32.2 Å². The zero-order valence-electron chi connectivity index (χ0n) is 13.9. The van der Waals surface area contributed by atoms with E-state index in [1.54, 1.807) is 30.0 Å². The highest BCUT2D eigenvalue weighted by Gasteiger charge is 2.16. The topological polar surface area (TPSA) is 69.9 Å². The first-order valence-electron chi connectivity index (χ1n) is 7.54. The van der Waals surface area contributed by atoms with Crippen LogP contribution in [0.1, 0.15) is 15.9 Å². The largest absolute Gasteiger partial charge is 0.494 e. The minimum atomic E-state index is -0.0978. The number of rotatable bonds is 6. The number of aryl methyl sites for hydroxylation is 1. The fraction of sp³-hybridized carbons (Fsp3) is 0.176. The van der Waals surface area contributed by atoms with Gasteiger partial charge in [0.1, 0.15) is 11.4 Å². The van der Waals surface area contributed by atoms with Gasteiger partial charge in [0, 0.05) is 5.56 Å². The van der Waals surface area contributed by atoms with Gasteiger partial charge in [0.25, 0.3) is 0 Å². The number of methoxy groups -OCH3 is 1. The van der Waals surface area contributed by atoms with Gasteiger partial charge in [0.2, 0.25) is 5.16 Å². The molecule has 0 aliphatic heterocycles. The molecule has 9 heteroatoms. The molecule has 1 aromatic heterocycles. The Morgan fingerprint density at radius 3 is 2.73 bits per heavy atom. The summed E-state index contributed by atoms with van der Waals surface area (Å²) < 4.78 is 6.93. The monoisotopic (exact) mass is 408 g/mol. The Bertz CT molecular complexity index is 962. The van der Waals surface area contributed by atoms with Gasteiger partial charge in [0.15, 0.2) is 5.78 Å². The number of thioether (sulfide) groups is 1. The molecule has 3 aromatic rings. The molecule has 0 aliphatic rings. The third-order valence-corrected chi connectivity index (χ3v) is 5.24. The molecular formula is C17H14Cl2N4O2S. The van der Waals surface area contributed by atoms with Gasteiger partial charge in [-0.3, -0.25) is 4.79 Å². The maximum atomic E-state index is 12.4. The highest BCUT2D eigenvalue weighted by Crippen LogP contribution is 2.28. The zero-order chi connectivity index (χ0) is 18.7. The van der Waals surface area contributed by atoms with E-state index in [-0.39, 0.29) is 11.5 Å². The first kappa shape index (κ1) is 18.7. The minimum Gasteiger partial charge on any atom is -0.494 e. The molecule has 0 saturated heterocycles. The lowest BCUT2D eigenvalue weighted by atomic mass is 10.1. The molecule has 6 nitrogen and oxygen atoms in total. The number of Topliss-reactive ketones (excluding diaryl/α,β-unsaturated/α-hetero) is 1. The number of aromatic nitrogens is 4. The van der Waals surface area contributed by atoms with Crippen molar-refractivity contribution in [3.8, 4) is 11.4 Å². The second-order valence-electron chi connectivity index (χ2n) is 5.39. The summed E-state index contributed by atoms with van der Waals surface area (Å²) >= 11 is 13.1. The Kier molecular flexibility index (Phi) is 5.80. The second kappa shape index (κ2) is 8.07. The summed E-state index contributed by atoms with van der Waals surface area (Å²) in [4.78, 5) is 12.4. The fourth-order valence-electron chi connectivity index (χ4n) is 2.27. The number of nitrogens with zero attached hydrogens (tertiary/aromatic N) is 4. The average Bonchev–Trinajstić information content (AvgIpc) is 3.10. The van der Waals surface area contributed by atoms with Crippen molar-refractivity contribution in [2.75, 3.05) is 12.9 Å². The normalized spacial score (nSPS) is 10.8. The van der Waals surface area contributed by atoms with Gasteiger partial charge in [-0.2, -0.15) is 4.68 Å². The molecule has 0 radical (unpaired) electrons. The molecule has 0 spiro atoms. The summed E-state index contributed by atoms with van der Waals surface area (Å²) in [6, 6.07) is 10.5. The van der Waals surface area contributed by atoms with E-state index < -0.39 is 0 Å². The third-order valence-electron chi connectivity index (χ3n) is 3.58. The summed E-state index contributed by atoms with van der Waals surface area (Å²) in [5.41, 5.74) is 2.24. The SMILES string of the molecule is COc1ccc(C)cc1-n1nnnc1SCC(=O)c1ccc(Cl)c(Cl)c1. The second-order valence-corrected chi connectivity index (χ2v) is 7.15. The molecule has 134 valence electrons. The van der Waals surface area contributed by atoms with Gasteiger partial charge in [-0.15, -0.1) is 5.10 Å². The predicted octanol–water partition coefficient (Wildman–Crippen LogP) is 4.26. The van der Waals surface area contributed by atoms with Crippen molar-refractivity contribution in [1.82, 2.24) is 20.2 Å². The average molecular weight is 409 g/mol. The molecule has 0 unspecified atom stereocenters. The molecular weight excluding hydrogens is 395 g/mol. The number of carbonyl (C=O) groups excluding carboxylic acids is 1. The van der Waals surface area contributed by atoms with Crippen LogP contribution in [0.4, 0.5) is 0 Å². The maximum absolute atomic E-state index is 12.4. The Hall–Kier alpha value is -2.09. The Morgan fingerprint density at radius 1 is 1.19 bits per heavy atom. The Morgan fingerprint density at radius 2 is 2.00 bits per heavy atom. The van der Waals surface area contributed by atoms with Crippen LogP contribution in [-0.4, -0.2) is 38.9 Å². The van der Waals surface area contributed by atoms with Crippen LogP contribution in [-0.2, 0) is 0 Å². The zero-order valence-corrected chi connectivity index (χ0v) is 16.3. The molecule has 0 bridgehead atoms. The first-order chi connectivity index (χ1) is 12.5. The van der Waals surface area contributed by atoms with Crippen molar-refractivity contribution in [1.29, 1.82) is 0 Å². The number of benzene rings is 2. The number of hydrogen-bond donors (Lipinski definition) is 0. The molecule has 0 amide bonds. The van der Waals surface area contributed by atoms with E-state index in [9.17, 15) is 4.79 Å². The van der Waals surface area contributed by atoms with Crippen LogP contribution in [0.2, 0.25) is 10.0 Å². The van der Waals surface area contributed by atoms with E-state index >= 15 is 0 Å². The summed E-state index contributed by atoms with van der Waals surface area (Å²) in [7, 11) is 1.58. The van der Waals surface area contributed by atoms with Crippen molar-refractivity contribution < 1.29 is 9.53 Å². The highest BCUT2D eigenvalue weighted by molar-refractivity contribution is 7.99. The number of ketones is 1. The molecule has 0 atom stereocenters. The third kappa shape index (κ3) is 4.00. The number of ether oxygens (including phenoxy) is 1. The maximum Gasteiger partial charge on any atom is 0.214 e. The van der Waals surface area contributed by atoms with E-state index in [1.807, 2.05) is 25.1 Å².